The van der Waals surface area contributed by atoms with E-state index >= 15 is 0 Å². The first-order valence-corrected chi connectivity index (χ1v) is 12.3. The molecule has 0 N–H and O–H groups in total. The van der Waals surface area contributed by atoms with Crippen molar-refractivity contribution in [3.63, 3.8) is 0 Å². The molecule has 4 rings (SSSR count). The molecule has 0 aliphatic heterocycles. The summed E-state index contributed by atoms with van der Waals surface area (Å²) in [4.78, 5) is 28.6. The van der Waals surface area contributed by atoms with Crippen molar-refractivity contribution in [2.75, 3.05) is 11.9 Å². The zero-order valence-corrected chi connectivity index (χ0v) is 21.5. The molecule has 0 fully saturated rings. The molecule has 2 aromatic heterocycles. The fourth-order valence-electron chi connectivity index (χ4n) is 3.72. The summed E-state index contributed by atoms with van der Waals surface area (Å²) in [5.41, 5.74) is 1.88. The summed E-state index contributed by atoms with van der Waals surface area (Å²) < 4.78 is 7.67. The van der Waals surface area contributed by atoms with Gasteiger partial charge in [0.05, 0.1) is 17.3 Å². The van der Waals surface area contributed by atoms with E-state index in [1.165, 1.54) is 10.8 Å². The lowest BCUT2D eigenvalue weighted by Gasteiger charge is -2.19. The summed E-state index contributed by atoms with van der Waals surface area (Å²) in [5.74, 6) is 0.260. The second-order valence-electron chi connectivity index (χ2n) is 9.44. The highest BCUT2D eigenvalue weighted by Gasteiger charge is 2.27. The van der Waals surface area contributed by atoms with Crippen molar-refractivity contribution in [3.05, 3.63) is 104 Å². The van der Waals surface area contributed by atoms with Gasteiger partial charge in [-0.2, -0.15) is 5.26 Å². The predicted octanol–water partition coefficient (Wildman–Crippen LogP) is 4.44. The number of ketones is 1. The normalized spacial score (nSPS) is 12.8. The number of thiazole rings is 1. The number of aromatic nitrogens is 1. The zero-order chi connectivity index (χ0) is 25.9. The highest BCUT2D eigenvalue weighted by Crippen LogP contribution is 2.23. The quantitative estimate of drug-likeness (QED) is 0.394. The molecule has 0 saturated heterocycles. The van der Waals surface area contributed by atoms with Crippen LogP contribution >= 0.6 is 11.3 Å². The summed E-state index contributed by atoms with van der Waals surface area (Å²) in [6.07, 6.45) is 3.32. The number of Topliss-reactive ketones (excluding diaryl/α,β-unsaturated/α-hetero) is 1. The van der Waals surface area contributed by atoms with Gasteiger partial charge >= 0.3 is 0 Å². The molecule has 182 valence electrons. The maximum atomic E-state index is 13.4. The number of nitriles is 1. The van der Waals surface area contributed by atoms with Gasteiger partial charge in [-0.1, -0.05) is 51.1 Å². The summed E-state index contributed by atoms with van der Waals surface area (Å²) in [7, 11) is 2.00. The molecule has 2 heterocycles. The average molecular weight is 498 g/mol. The molecule has 0 atom stereocenters. The van der Waals surface area contributed by atoms with E-state index in [0.29, 0.717) is 15.0 Å². The Morgan fingerprint density at radius 1 is 1.06 bits per heavy atom. The standard InChI is InChI=1S/C29H27N3O3S/c1-29(2,3)26(33)24(18-30)28-32(19-23-11-8-16-35-23)27(34)25(36-28)17-20-12-14-22(15-13-20)31(4)21-9-6-5-7-10-21/h5-17H,19H2,1-4H3/b25-17?,28-24-. The van der Waals surface area contributed by atoms with E-state index in [9.17, 15) is 14.9 Å². The molecule has 0 aliphatic rings. The van der Waals surface area contributed by atoms with Crippen LogP contribution in [0, 0.1) is 16.7 Å². The summed E-state index contributed by atoms with van der Waals surface area (Å²) in [5, 5.41) is 9.88. The van der Waals surface area contributed by atoms with Crippen molar-refractivity contribution in [3.8, 4) is 6.07 Å². The first kappa shape index (κ1) is 25.0. The Bertz CT molecular complexity index is 1580. The van der Waals surface area contributed by atoms with E-state index in [4.69, 9.17) is 4.42 Å². The van der Waals surface area contributed by atoms with Gasteiger partial charge in [0.1, 0.15) is 22.1 Å². The summed E-state index contributed by atoms with van der Waals surface area (Å²) in [6.45, 7) is 5.41. The number of carbonyl (C=O) groups is 1. The van der Waals surface area contributed by atoms with Crippen LogP contribution in [0.1, 0.15) is 32.1 Å². The highest BCUT2D eigenvalue weighted by molar-refractivity contribution is 7.07. The van der Waals surface area contributed by atoms with Gasteiger partial charge in [-0.3, -0.25) is 14.2 Å². The Hall–Kier alpha value is -4.15. The van der Waals surface area contributed by atoms with Crippen LogP contribution in [0.2, 0.25) is 0 Å². The van der Waals surface area contributed by atoms with E-state index in [0.717, 1.165) is 28.3 Å². The molecule has 0 saturated carbocycles. The molecule has 7 heteroatoms. The second kappa shape index (κ2) is 10.2. The van der Waals surface area contributed by atoms with Gasteiger partial charge in [-0.25, -0.2) is 0 Å². The van der Waals surface area contributed by atoms with Crippen LogP contribution in [0.15, 0.2) is 82.2 Å². The van der Waals surface area contributed by atoms with Crippen molar-refractivity contribution < 1.29 is 9.21 Å². The van der Waals surface area contributed by atoms with E-state index in [-0.39, 0.29) is 23.5 Å². The van der Waals surface area contributed by atoms with Gasteiger partial charge < -0.3 is 9.32 Å². The number of rotatable bonds is 6. The Labute approximate surface area is 213 Å². The van der Waals surface area contributed by atoms with Gasteiger partial charge in [0.15, 0.2) is 5.78 Å². The van der Waals surface area contributed by atoms with Crippen molar-refractivity contribution in [2.45, 2.75) is 27.3 Å². The molecule has 4 aromatic rings. The minimum Gasteiger partial charge on any atom is -0.467 e. The third-order valence-electron chi connectivity index (χ3n) is 5.76. The lowest BCUT2D eigenvalue weighted by Crippen LogP contribution is -2.34. The van der Waals surface area contributed by atoms with Crippen LogP contribution in [-0.4, -0.2) is 17.4 Å². The van der Waals surface area contributed by atoms with Gasteiger partial charge in [-0.05, 0) is 48.0 Å². The Kier molecular flexibility index (Phi) is 7.09. The predicted molar refractivity (Wildman–Crippen MR) is 144 cm³/mol. The Balaban J connectivity index is 1.81. The summed E-state index contributed by atoms with van der Waals surface area (Å²) >= 11 is 1.15. The number of hydrogen-bond donors (Lipinski definition) is 0. The molecule has 0 spiro atoms. The van der Waals surface area contributed by atoms with Gasteiger partial charge in [-0.15, -0.1) is 11.3 Å². The number of anilines is 2. The maximum absolute atomic E-state index is 13.4. The highest BCUT2D eigenvalue weighted by atomic mass is 32.1. The van der Waals surface area contributed by atoms with E-state index < -0.39 is 5.41 Å². The molecule has 2 aromatic carbocycles. The number of carbonyl (C=O) groups excluding carboxylic acids is 1. The Morgan fingerprint density at radius 3 is 2.31 bits per heavy atom. The van der Waals surface area contributed by atoms with E-state index in [1.54, 1.807) is 39.0 Å². The smallest absolute Gasteiger partial charge is 0.269 e. The third kappa shape index (κ3) is 5.24. The lowest BCUT2D eigenvalue weighted by molar-refractivity contribution is -0.120. The average Bonchev–Trinajstić information content (AvgIpc) is 3.49. The van der Waals surface area contributed by atoms with Gasteiger partial charge in [0, 0.05) is 23.8 Å². The number of nitrogens with zero attached hydrogens (tertiary/aromatic N) is 3. The number of para-hydroxylation sites is 1. The number of hydrogen-bond acceptors (Lipinski definition) is 6. The monoisotopic (exact) mass is 497 g/mol. The molecule has 0 bridgehead atoms. The van der Waals surface area contributed by atoms with Crippen LogP contribution in [0.5, 0.6) is 0 Å². The fraction of sp³-hybridized carbons (Fsp3) is 0.207. The molecule has 6 nitrogen and oxygen atoms in total. The largest absolute Gasteiger partial charge is 0.467 e. The molecular weight excluding hydrogens is 470 g/mol. The first-order chi connectivity index (χ1) is 17.2. The molecule has 0 unspecified atom stereocenters. The molecule has 0 radical (unpaired) electrons. The number of furan rings is 1. The lowest BCUT2D eigenvalue weighted by atomic mass is 9.87. The van der Waals surface area contributed by atoms with Crippen molar-refractivity contribution in [2.24, 2.45) is 5.41 Å². The minimum atomic E-state index is -0.759. The van der Waals surface area contributed by atoms with Crippen molar-refractivity contribution in [1.29, 1.82) is 5.26 Å². The third-order valence-corrected chi connectivity index (χ3v) is 6.89. The van der Waals surface area contributed by atoms with Gasteiger partial charge in [0.25, 0.3) is 5.56 Å². The van der Waals surface area contributed by atoms with Crippen molar-refractivity contribution in [1.82, 2.24) is 4.57 Å². The number of benzene rings is 2. The molecular formula is C29H27N3O3S. The second-order valence-corrected chi connectivity index (χ2v) is 10.5. The van der Waals surface area contributed by atoms with Crippen LogP contribution in [0.25, 0.3) is 11.6 Å². The maximum Gasteiger partial charge on any atom is 0.269 e. The topological polar surface area (TPSA) is 79.2 Å². The zero-order valence-electron chi connectivity index (χ0n) is 20.7. The van der Waals surface area contributed by atoms with Crippen LogP contribution in [0.3, 0.4) is 0 Å². The molecule has 0 aliphatic carbocycles. The minimum absolute atomic E-state index is 0.0179. The molecule has 36 heavy (non-hydrogen) atoms. The first-order valence-electron chi connectivity index (χ1n) is 11.5. The van der Waals surface area contributed by atoms with E-state index in [1.807, 2.05) is 61.6 Å². The summed E-state index contributed by atoms with van der Waals surface area (Å²) in [6, 6.07) is 23.5. The fourth-order valence-corrected chi connectivity index (χ4v) is 4.82. The SMILES string of the molecule is CN(c1ccccc1)c1ccc(C=c2s/c(=C(/C#N)C(=O)C(C)(C)C)n(Cc3ccco3)c2=O)cc1. The molecule has 0 amide bonds. The van der Waals surface area contributed by atoms with Crippen LogP contribution in [0.4, 0.5) is 11.4 Å². The van der Waals surface area contributed by atoms with Gasteiger partial charge in [0.2, 0.25) is 0 Å². The van der Waals surface area contributed by atoms with Crippen molar-refractivity contribution >= 4 is 40.1 Å². The Morgan fingerprint density at radius 2 is 1.72 bits per heavy atom. The van der Waals surface area contributed by atoms with E-state index in [2.05, 4.69) is 11.0 Å². The van der Waals surface area contributed by atoms with Crippen LogP contribution in [-0.2, 0) is 11.3 Å². The van der Waals surface area contributed by atoms with Crippen LogP contribution < -0.4 is 19.7 Å².